The highest BCUT2D eigenvalue weighted by atomic mass is 32.1. The van der Waals surface area contributed by atoms with Crippen LogP contribution in [0.15, 0.2) is 54.7 Å². The number of carboxylic acid groups (broad SMARTS) is 2. The van der Waals surface area contributed by atoms with Crippen molar-refractivity contribution in [3.05, 3.63) is 65.2 Å². The van der Waals surface area contributed by atoms with Gasteiger partial charge in [0.05, 0.1) is 5.56 Å². The summed E-state index contributed by atoms with van der Waals surface area (Å²) in [5, 5.41) is 37.9. The number of aliphatic carboxylic acids is 2. The third kappa shape index (κ3) is 6.99. The summed E-state index contributed by atoms with van der Waals surface area (Å²) in [4.78, 5) is 24.0. The van der Waals surface area contributed by atoms with Crippen molar-refractivity contribution < 1.29 is 47.9 Å². The summed E-state index contributed by atoms with van der Waals surface area (Å²) >= 11 is 1.22. The maximum atomic E-state index is 13.4. The summed E-state index contributed by atoms with van der Waals surface area (Å²) in [6.07, 6.45) is -2.58. The van der Waals surface area contributed by atoms with Gasteiger partial charge in [0.25, 0.3) is 0 Å². The van der Waals surface area contributed by atoms with Crippen molar-refractivity contribution in [2.45, 2.75) is 43.7 Å². The number of fused-ring (bicyclic) bond motifs is 2. The van der Waals surface area contributed by atoms with Crippen LogP contribution in [0.1, 0.15) is 30.2 Å². The SMILES string of the molecule is C[C@@H]1C[C@](O)(c2cc3c(C(F)(F)F)cccc3s2)CCN1C[C@H](O)COc1cccc2[nH]ccc12.O=C(O)C(=O)O. The predicted molar refractivity (Wildman–Crippen MR) is 146 cm³/mol. The van der Waals surface area contributed by atoms with Gasteiger partial charge in [0.2, 0.25) is 0 Å². The molecule has 2 aromatic heterocycles. The van der Waals surface area contributed by atoms with E-state index in [1.165, 1.54) is 23.5 Å². The molecule has 0 spiro atoms. The fourth-order valence-electron chi connectivity index (χ4n) is 4.99. The number of β-amino-alcohol motifs (C(OH)–C–C–N with tert-alkyl or cyclic N) is 1. The molecule has 3 atom stereocenters. The molecule has 9 nitrogen and oxygen atoms in total. The van der Waals surface area contributed by atoms with E-state index in [0.717, 1.165) is 17.0 Å². The zero-order valence-electron chi connectivity index (χ0n) is 21.9. The van der Waals surface area contributed by atoms with Crippen molar-refractivity contribution in [3.8, 4) is 5.75 Å². The number of carbonyl (C=O) groups is 2. The molecule has 0 amide bonds. The molecule has 1 saturated heterocycles. The van der Waals surface area contributed by atoms with Gasteiger partial charge >= 0.3 is 18.1 Å². The van der Waals surface area contributed by atoms with E-state index in [2.05, 4.69) is 9.88 Å². The van der Waals surface area contributed by atoms with Crippen molar-refractivity contribution in [3.63, 3.8) is 0 Å². The largest absolute Gasteiger partial charge is 0.490 e. The molecular weight excluding hydrogens is 565 g/mol. The van der Waals surface area contributed by atoms with E-state index in [9.17, 15) is 23.4 Å². The number of nitrogens with one attached hydrogen (secondary N) is 1. The Balaban J connectivity index is 0.000000585. The molecule has 0 saturated carbocycles. The lowest BCUT2D eigenvalue weighted by atomic mass is 9.85. The number of thiophene rings is 1. The van der Waals surface area contributed by atoms with Gasteiger partial charge in [-0.3, -0.25) is 4.90 Å². The Morgan fingerprint density at radius 1 is 1.15 bits per heavy atom. The van der Waals surface area contributed by atoms with Gasteiger partial charge in [-0.05, 0) is 56.2 Å². The first-order valence-corrected chi connectivity index (χ1v) is 13.5. The Labute approximate surface area is 236 Å². The van der Waals surface area contributed by atoms with Gasteiger partial charge in [0, 0.05) is 51.2 Å². The minimum Gasteiger partial charge on any atom is -0.490 e. The van der Waals surface area contributed by atoms with Gasteiger partial charge in [0.15, 0.2) is 0 Å². The van der Waals surface area contributed by atoms with Crippen LogP contribution in [0.3, 0.4) is 0 Å². The van der Waals surface area contributed by atoms with Crippen LogP contribution in [0.4, 0.5) is 13.2 Å². The number of aromatic amines is 1. The molecule has 5 N–H and O–H groups in total. The van der Waals surface area contributed by atoms with E-state index in [4.69, 9.17) is 24.5 Å². The molecule has 0 aliphatic carbocycles. The number of carboxylic acids is 2. The summed E-state index contributed by atoms with van der Waals surface area (Å²) in [6, 6.07) is 13.2. The molecule has 1 aliphatic heterocycles. The summed E-state index contributed by atoms with van der Waals surface area (Å²) in [6.45, 7) is 2.99. The van der Waals surface area contributed by atoms with E-state index in [0.29, 0.717) is 41.3 Å². The van der Waals surface area contributed by atoms with Crippen molar-refractivity contribution in [1.82, 2.24) is 9.88 Å². The Bertz CT molecular complexity index is 1520. The highest BCUT2D eigenvalue weighted by Gasteiger charge is 2.40. The lowest BCUT2D eigenvalue weighted by Gasteiger charge is -2.43. The summed E-state index contributed by atoms with van der Waals surface area (Å²) in [7, 11) is 0. The van der Waals surface area contributed by atoms with Gasteiger partial charge in [-0.1, -0.05) is 12.1 Å². The van der Waals surface area contributed by atoms with Crippen LogP contribution in [0.2, 0.25) is 0 Å². The molecule has 0 bridgehead atoms. The molecule has 220 valence electrons. The number of aliphatic hydroxyl groups is 2. The fraction of sp³-hybridized carbons (Fsp3) is 0.357. The van der Waals surface area contributed by atoms with Crippen LogP contribution in [0, 0.1) is 0 Å². The normalized spacial score (nSPS) is 20.4. The summed E-state index contributed by atoms with van der Waals surface area (Å²) < 4.78 is 46.7. The number of hydrogen-bond donors (Lipinski definition) is 5. The number of aliphatic hydroxyl groups excluding tert-OH is 1. The third-order valence-corrected chi connectivity index (χ3v) is 8.30. The quantitative estimate of drug-likeness (QED) is 0.203. The molecule has 0 radical (unpaired) electrons. The van der Waals surface area contributed by atoms with Crippen molar-refractivity contribution in [1.29, 1.82) is 0 Å². The first-order chi connectivity index (χ1) is 19.3. The average molecular weight is 595 g/mol. The van der Waals surface area contributed by atoms with Gasteiger partial charge < -0.3 is 30.1 Å². The second-order valence-electron chi connectivity index (χ2n) is 9.93. The number of H-pyrrole nitrogens is 1. The number of likely N-dealkylation sites (tertiary alicyclic amines) is 1. The van der Waals surface area contributed by atoms with Crippen LogP contribution in [-0.2, 0) is 21.4 Å². The number of halogens is 3. The Hall–Kier alpha value is -3.65. The Morgan fingerprint density at radius 3 is 2.51 bits per heavy atom. The number of piperidine rings is 1. The number of benzene rings is 2. The zero-order chi connectivity index (χ0) is 29.9. The highest BCUT2D eigenvalue weighted by molar-refractivity contribution is 7.19. The number of nitrogens with zero attached hydrogens (tertiary/aromatic N) is 1. The highest BCUT2D eigenvalue weighted by Crippen LogP contribution is 2.44. The molecule has 13 heteroatoms. The second-order valence-corrected chi connectivity index (χ2v) is 11.0. The van der Waals surface area contributed by atoms with Crippen LogP contribution in [-0.4, -0.2) is 74.1 Å². The molecule has 5 rings (SSSR count). The van der Waals surface area contributed by atoms with Crippen molar-refractivity contribution >= 4 is 44.3 Å². The van der Waals surface area contributed by atoms with E-state index < -0.39 is 35.4 Å². The zero-order valence-corrected chi connectivity index (χ0v) is 22.7. The molecule has 4 aromatic rings. The minimum absolute atomic E-state index is 0.0659. The molecule has 1 aliphatic rings. The van der Waals surface area contributed by atoms with E-state index in [1.54, 1.807) is 6.07 Å². The van der Waals surface area contributed by atoms with Gasteiger partial charge in [-0.15, -0.1) is 11.3 Å². The molecular formula is C28H29F3N2O7S. The number of hydrogen-bond acceptors (Lipinski definition) is 7. The van der Waals surface area contributed by atoms with Crippen molar-refractivity contribution in [2.75, 3.05) is 19.7 Å². The number of alkyl halides is 3. The standard InChI is InChI=1S/C26H27F3N2O3S.C2H2O4/c1-16-13-25(33,24-12-19-20(26(27,28)29)4-2-7-23(19)35-24)9-11-31(16)14-17(32)15-34-22-6-3-5-21-18(22)8-10-30-21;3-1(4)2(5)6/h2-8,10,12,16-17,30,32-33H,9,11,13-15H2,1H3;(H,3,4)(H,5,6)/t16-,17+,25+;/m1./s1. The Morgan fingerprint density at radius 2 is 1.85 bits per heavy atom. The maximum absolute atomic E-state index is 13.4. The predicted octanol–water partition coefficient (Wildman–Crippen LogP) is 4.67. The van der Waals surface area contributed by atoms with Crippen LogP contribution in [0.25, 0.3) is 21.0 Å². The van der Waals surface area contributed by atoms with E-state index in [-0.39, 0.29) is 18.0 Å². The average Bonchev–Trinajstić information content (AvgIpc) is 3.57. The number of ether oxygens (including phenoxy) is 1. The maximum Gasteiger partial charge on any atom is 0.417 e. The number of aromatic nitrogens is 1. The van der Waals surface area contributed by atoms with Gasteiger partial charge in [-0.25, -0.2) is 9.59 Å². The Kier molecular flexibility index (Phi) is 8.92. The molecule has 41 heavy (non-hydrogen) atoms. The second kappa shape index (κ2) is 12.1. The molecule has 2 aromatic carbocycles. The van der Waals surface area contributed by atoms with Crippen LogP contribution in [0.5, 0.6) is 5.75 Å². The smallest absolute Gasteiger partial charge is 0.417 e. The summed E-state index contributed by atoms with van der Waals surface area (Å²) in [5.74, 6) is -2.95. The lowest BCUT2D eigenvalue weighted by molar-refractivity contribution is -0.159. The van der Waals surface area contributed by atoms with E-state index in [1.807, 2.05) is 37.4 Å². The first-order valence-electron chi connectivity index (χ1n) is 12.7. The third-order valence-electron chi connectivity index (χ3n) is 7.01. The number of rotatable bonds is 6. The topological polar surface area (TPSA) is 143 Å². The fourth-order valence-corrected chi connectivity index (χ4v) is 6.21. The van der Waals surface area contributed by atoms with Crippen LogP contribution < -0.4 is 4.74 Å². The van der Waals surface area contributed by atoms with Crippen molar-refractivity contribution in [2.24, 2.45) is 0 Å². The van der Waals surface area contributed by atoms with Crippen LogP contribution >= 0.6 is 11.3 Å². The lowest BCUT2D eigenvalue weighted by Crippen LogP contribution is -2.50. The van der Waals surface area contributed by atoms with Gasteiger partial charge in [0.1, 0.15) is 24.1 Å². The first kappa shape index (κ1) is 30.3. The molecule has 3 heterocycles. The molecule has 1 fully saturated rings. The monoisotopic (exact) mass is 594 g/mol. The van der Waals surface area contributed by atoms with Gasteiger partial charge in [-0.2, -0.15) is 13.2 Å². The minimum atomic E-state index is -4.44. The van der Waals surface area contributed by atoms with E-state index >= 15 is 0 Å². The summed E-state index contributed by atoms with van der Waals surface area (Å²) in [5.41, 5.74) is -0.914. The molecule has 0 unspecified atom stereocenters.